The number of carbonyl (C=O) groups excluding carboxylic acids is 4. The third-order valence-corrected chi connectivity index (χ3v) is 5.53. The van der Waals surface area contributed by atoms with Gasteiger partial charge in [-0.3, -0.25) is 29.0 Å². The fourth-order valence-corrected chi connectivity index (χ4v) is 3.46. The molecule has 0 radical (unpaired) electrons. The second-order valence-corrected chi connectivity index (χ2v) is 8.87. The molecular weight excluding hydrogens is 528 g/mol. The Bertz CT molecular complexity index is 1080. The zero-order chi connectivity index (χ0) is 30.2. The van der Waals surface area contributed by atoms with E-state index in [1.54, 1.807) is 30.3 Å². The molecule has 0 aliphatic rings. The lowest BCUT2D eigenvalue weighted by atomic mass is 10.0. The zero-order valence-corrected chi connectivity index (χ0v) is 21.7. The topological polar surface area (TPSA) is 295 Å². The van der Waals surface area contributed by atoms with Crippen molar-refractivity contribution in [3.8, 4) is 0 Å². The quantitative estimate of drug-likeness (QED) is 0.0488. The van der Waals surface area contributed by atoms with Gasteiger partial charge in [-0.2, -0.15) is 0 Å². The third-order valence-electron chi connectivity index (χ3n) is 5.53. The van der Waals surface area contributed by atoms with Crippen LogP contribution in [-0.2, 0) is 35.2 Å². The number of nitrogens with one attached hydrogen (secondary N) is 3. The van der Waals surface area contributed by atoms with Crippen molar-refractivity contribution in [2.45, 2.75) is 62.7 Å². The molecule has 220 valence electrons. The van der Waals surface area contributed by atoms with Crippen LogP contribution in [0.5, 0.6) is 0 Å². The largest absolute Gasteiger partial charge is 0.481 e. The van der Waals surface area contributed by atoms with Gasteiger partial charge in [0, 0.05) is 19.4 Å². The van der Waals surface area contributed by atoms with E-state index >= 15 is 0 Å². The molecule has 1 rings (SSSR count). The van der Waals surface area contributed by atoms with Crippen LogP contribution in [-0.4, -0.2) is 82.5 Å². The van der Waals surface area contributed by atoms with E-state index in [4.69, 9.17) is 22.9 Å². The van der Waals surface area contributed by atoms with Crippen molar-refractivity contribution < 1.29 is 39.0 Å². The lowest BCUT2D eigenvalue weighted by Gasteiger charge is -2.24. The molecule has 0 bridgehead atoms. The average molecular weight is 565 g/mol. The first-order chi connectivity index (χ1) is 18.8. The standard InChI is InChI=1S/C24H36N8O8/c25-14(8-9-18(26)33)20(36)31-16(12-19(34)35)22(38)30-15(7-4-10-29-24(27)28)21(37)32-17(23(39)40)11-13-5-2-1-3-6-13/h1-3,5-6,14-17H,4,7-12,25H2,(H2,26,33)(H,30,38)(H,31,36)(H,32,37)(H,34,35)(H,39,40)(H4,27,28,29). The van der Waals surface area contributed by atoms with Crippen LogP contribution in [0.25, 0.3) is 0 Å². The number of carboxylic acid groups (broad SMARTS) is 2. The van der Waals surface area contributed by atoms with Gasteiger partial charge in [-0.1, -0.05) is 30.3 Å². The molecule has 0 aliphatic carbocycles. The maximum atomic E-state index is 13.1. The maximum Gasteiger partial charge on any atom is 0.326 e. The van der Waals surface area contributed by atoms with Crippen LogP contribution in [0.2, 0.25) is 0 Å². The van der Waals surface area contributed by atoms with E-state index in [1.807, 2.05) is 0 Å². The Morgan fingerprint density at radius 3 is 1.93 bits per heavy atom. The van der Waals surface area contributed by atoms with E-state index < -0.39 is 66.2 Å². The Hall–Kier alpha value is -4.73. The highest BCUT2D eigenvalue weighted by Crippen LogP contribution is 2.07. The van der Waals surface area contributed by atoms with E-state index in [-0.39, 0.29) is 44.6 Å². The molecule has 0 heterocycles. The Balaban J connectivity index is 3.07. The number of aliphatic carboxylic acids is 2. The lowest BCUT2D eigenvalue weighted by Crippen LogP contribution is -2.57. The summed E-state index contributed by atoms with van der Waals surface area (Å²) in [5.41, 5.74) is 22.0. The molecule has 0 aromatic heterocycles. The number of hydrogen-bond acceptors (Lipinski definition) is 8. The molecule has 0 fully saturated rings. The van der Waals surface area contributed by atoms with Crippen molar-refractivity contribution in [3.05, 3.63) is 35.9 Å². The number of carboxylic acids is 2. The number of aliphatic imine (C=N–C) groups is 1. The van der Waals surface area contributed by atoms with Crippen LogP contribution in [0.1, 0.15) is 37.7 Å². The molecule has 4 atom stereocenters. The van der Waals surface area contributed by atoms with Crippen LogP contribution in [0.4, 0.5) is 0 Å². The second kappa shape index (κ2) is 17.0. The lowest BCUT2D eigenvalue weighted by molar-refractivity contribution is -0.143. The van der Waals surface area contributed by atoms with Crippen molar-refractivity contribution in [1.29, 1.82) is 0 Å². The highest BCUT2D eigenvalue weighted by Gasteiger charge is 2.31. The van der Waals surface area contributed by atoms with Crippen molar-refractivity contribution in [2.24, 2.45) is 27.9 Å². The summed E-state index contributed by atoms with van der Waals surface area (Å²) in [6.07, 6.45) is -1.13. The van der Waals surface area contributed by atoms with Crippen molar-refractivity contribution in [1.82, 2.24) is 16.0 Å². The van der Waals surface area contributed by atoms with Gasteiger partial charge < -0.3 is 49.1 Å². The van der Waals surface area contributed by atoms with E-state index in [0.717, 1.165) is 0 Å². The SMILES string of the molecule is NC(=O)CCC(N)C(=O)NC(CC(=O)O)C(=O)NC(CCCN=C(N)N)C(=O)NC(Cc1ccccc1)C(=O)O. The van der Waals surface area contributed by atoms with Crippen LogP contribution < -0.4 is 38.9 Å². The number of primary amides is 1. The summed E-state index contributed by atoms with van der Waals surface area (Å²) < 4.78 is 0. The number of rotatable bonds is 18. The molecule has 40 heavy (non-hydrogen) atoms. The number of benzene rings is 1. The molecule has 0 saturated carbocycles. The molecular formula is C24H36N8O8. The Morgan fingerprint density at radius 2 is 1.38 bits per heavy atom. The van der Waals surface area contributed by atoms with Crippen LogP contribution in [0, 0.1) is 0 Å². The van der Waals surface area contributed by atoms with Gasteiger partial charge in [-0.15, -0.1) is 0 Å². The number of nitrogens with zero attached hydrogens (tertiary/aromatic N) is 1. The molecule has 0 aliphatic heterocycles. The number of guanidine groups is 1. The number of carbonyl (C=O) groups is 6. The maximum absolute atomic E-state index is 13.1. The summed E-state index contributed by atoms with van der Waals surface area (Å²) in [4.78, 5) is 76.4. The highest BCUT2D eigenvalue weighted by molar-refractivity contribution is 5.95. The number of amides is 4. The van der Waals surface area contributed by atoms with Crippen LogP contribution in [0.3, 0.4) is 0 Å². The minimum absolute atomic E-state index is 0.0442. The van der Waals surface area contributed by atoms with Crippen molar-refractivity contribution in [2.75, 3.05) is 6.54 Å². The predicted molar refractivity (Wildman–Crippen MR) is 142 cm³/mol. The van der Waals surface area contributed by atoms with Gasteiger partial charge in [0.05, 0.1) is 12.5 Å². The number of nitrogens with two attached hydrogens (primary N) is 4. The summed E-state index contributed by atoms with van der Waals surface area (Å²) in [6, 6.07) is 2.95. The summed E-state index contributed by atoms with van der Waals surface area (Å²) in [7, 11) is 0. The summed E-state index contributed by atoms with van der Waals surface area (Å²) in [5, 5.41) is 25.8. The minimum Gasteiger partial charge on any atom is -0.481 e. The molecule has 16 heteroatoms. The molecule has 0 spiro atoms. The first-order valence-electron chi connectivity index (χ1n) is 12.3. The van der Waals surface area contributed by atoms with Crippen molar-refractivity contribution in [3.63, 3.8) is 0 Å². The van der Waals surface area contributed by atoms with Crippen LogP contribution >= 0.6 is 0 Å². The monoisotopic (exact) mass is 564 g/mol. The molecule has 1 aromatic carbocycles. The second-order valence-electron chi connectivity index (χ2n) is 8.87. The Labute approximate surface area is 229 Å². The summed E-state index contributed by atoms with van der Waals surface area (Å²) in [5.74, 6) is -6.46. The van der Waals surface area contributed by atoms with E-state index in [0.29, 0.717) is 5.56 Å². The minimum atomic E-state index is -1.64. The smallest absolute Gasteiger partial charge is 0.326 e. The van der Waals surface area contributed by atoms with Crippen molar-refractivity contribution >= 4 is 41.5 Å². The first kappa shape index (κ1) is 33.3. The zero-order valence-electron chi connectivity index (χ0n) is 21.7. The fraction of sp³-hybridized carbons (Fsp3) is 0.458. The third kappa shape index (κ3) is 13.2. The molecule has 4 amide bonds. The molecule has 4 unspecified atom stereocenters. The van der Waals surface area contributed by atoms with Gasteiger partial charge in [0.25, 0.3) is 0 Å². The molecule has 1 aromatic rings. The Morgan fingerprint density at radius 1 is 0.800 bits per heavy atom. The highest BCUT2D eigenvalue weighted by atomic mass is 16.4. The van der Waals surface area contributed by atoms with Gasteiger partial charge in [-0.25, -0.2) is 4.79 Å². The average Bonchev–Trinajstić information content (AvgIpc) is 2.87. The summed E-state index contributed by atoms with van der Waals surface area (Å²) >= 11 is 0. The Kier molecular flexibility index (Phi) is 14.1. The summed E-state index contributed by atoms with van der Waals surface area (Å²) in [6.45, 7) is 0.0817. The van der Waals surface area contributed by atoms with Gasteiger partial charge in [-0.05, 0) is 24.8 Å². The van der Waals surface area contributed by atoms with E-state index in [1.165, 1.54) is 0 Å². The molecule has 16 nitrogen and oxygen atoms in total. The van der Waals surface area contributed by atoms with Gasteiger partial charge in [0.1, 0.15) is 18.1 Å². The predicted octanol–water partition coefficient (Wildman–Crippen LogP) is -3.11. The van der Waals surface area contributed by atoms with E-state index in [2.05, 4.69) is 20.9 Å². The number of hydrogen-bond donors (Lipinski definition) is 9. The van der Waals surface area contributed by atoms with E-state index in [9.17, 15) is 39.0 Å². The van der Waals surface area contributed by atoms with Gasteiger partial charge >= 0.3 is 11.9 Å². The fourth-order valence-electron chi connectivity index (χ4n) is 3.46. The normalized spacial score (nSPS) is 13.5. The first-order valence-corrected chi connectivity index (χ1v) is 12.3. The van der Waals surface area contributed by atoms with Gasteiger partial charge in [0.15, 0.2) is 5.96 Å². The van der Waals surface area contributed by atoms with Gasteiger partial charge in [0.2, 0.25) is 23.6 Å². The molecule has 13 N–H and O–H groups in total. The van der Waals surface area contributed by atoms with Crippen LogP contribution in [0.15, 0.2) is 35.3 Å². The molecule has 0 saturated heterocycles.